The molecule has 130 valence electrons. The number of hydrogen-bond acceptors (Lipinski definition) is 4. The topological polar surface area (TPSA) is 67.8 Å². The Hall–Kier alpha value is -3.12. The number of imidazole rings is 1. The molecule has 2 N–H and O–H groups in total. The number of fused-ring (bicyclic) bond motifs is 2. The van der Waals surface area contributed by atoms with E-state index in [-0.39, 0.29) is 0 Å². The molecule has 0 amide bonds. The van der Waals surface area contributed by atoms with Crippen LogP contribution < -0.4 is 10.1 Å². The second-order valence-corrected chi connectivity index (χ2v) is 6.39. The van der Waals surface area contributed by atoms with Crippen molar-refractivity contribution in [2.24, 2.45) is 0 Å². The predicted octanol–water partition coefficient (Wildman–Crippen LogP) is 2.97. The van der Waals surface area contributed by atoms with Gasteiger partial charge in [0.2, 0.25) is 5.95 Å². The second-order valence-electron chi connectivity index (χ2n) is 6.39. The predicted molar refractivity (Wildman–Crippen MR) is 99.4 cm³/mol. The Bertz CT molecular complexity index is 1020. The standard InChI is InChI=1S/C20H19N5O/c1-2-6-14(7-3-1)26-13-18-15-12-21-11-10-19(15)25(24-18)20-22-16-8-4-5-9-17(16)23-20/h1-9,21H,10-13H2,(H,22,23). The van der Waals surface area contributed by atoms with Crippen LogP contribution in [-0.4, -0.2) is 26.3 Å². The van der Waals surface area contributed by atoms with Gasteiger partial charge in [-0.3, -0.25) is 0 Å². The normalized spacial score (nSPS) is 13.7. The third kappa shape index (κ3) is 2.64. The average Bonchev–Trinajstić information content (AvgIpc) is 3.28. The van der Waals surface area contributed by atoms with Crippen molar-refractivity contribution >= 4 is 11.0 Å². The lowest BCUT2D eigenvalue weighted by atomic mass is 10.1. The number of rotatable bonds is 4. The molecular formula is C20H19N5O. The van der Waals surface area contributed by atoms with Crippen LogP contribution >= 0.6 is 0 Å². The van der Waals surface area contributed by atoms with E-state index in [0.717, 1.165) is 47.9 Å². The summed E-state index contributed by atoms with van der Waals surface area (Å²) in [6.45, 7) is 2.20. The van der Waals surface area contributed by atoms with E-state index in [1.165, 1.54) is 11.3 Å². The van der Waals surface area contributed by atoms with Gasteiger partial charge in [0.1, 0.15) is 18.1 Å². The van der Waals surface area contributed by atoms with Crippen LogP contribution in [0.1, 0.15) is 17.0 Å². The number of ether oxygens (including phenoxy) is 1. The smallest absolute Gasteiger partial charge is 0.229 e. The summed E-state index contributed by atoms with van der Waals surface area (Å²) in [5.41, 5.74) is 5.34. The van der Waals surface area contributed by atoms with Crippen molar-refractivity contribution < 1.29 is 4.74 Å². The van der Waals surface area contributed by atoms with E-state index in [1.54, 1.807) is 0 Å². The van der Waals surface area contributed by atoms with Crippen LogP contribution in [-0.2, 0) is 19.6 Å². The van der Waals surface area contributed by atoms with Crippen molar-refractivity contribution in [2.45, 2.75) is 19.6 Å². The van der Waals surface area contributed by atoms with Gasteiger partial charge in [-0.2, -0.15) is 5.10 Å². The van der Waals surface area contributed by atoms with E-state index < -0.39 is 0 Å². The molecule has 6 heteroatoms. The highest BCUT2D eigenvalue weighted by Crippen LogP contribution is 2.23. The minimum Gasteiger partial charge on any atom is -0.487 e. The van der Waals surface area contributed by atoms with Gasteiger partial charge in [0.25, 0.3) is 0 Å². The van der Waals surface area contributed by atoms with Crippen LogP contribution in [0.3, 0.4) is 0 Å². The summed E-state index contributed by atoms with van der Waals surface area (Å²) in [5.74, 6) is 1.61. The molecule has 2 aromatic carbocycles. The quantitative estimate of drug-likeness (QED) is 0.597. The molecule has 2 aromatic heterocycles. The molecule has 1 aliphatic heterocycles. The zero-order valence-electron chi connectivity index (χ0n) is 14.3. The van der Waals surface area contributed by atoms with Crippen LogP contribution in [0.5, 0.6) is 5.75 Å². The first-order chi connectivity index (χ1) is 12.9. The largest absolute Gasteiger partial charge is 0.487 e. The second kappa shape index (κ2) is 6.31. The van der Waals surface area contributed by atoms with Gasteiger partial charge in [0, 0.05) is 25.1 Å². The highest BCUT2D eigenvalue weighted by Gasteiger charge is 2.23. The maximum atomic E-state index is 5.93. The Balaban J connectivity index is 1.52. The molecule has 3 heterocycles. The number of aromatic nitrogens is 4. The van der Waals surface area contributed by atoms with Crippen LogP contribution in [0.2, 0.25) is 0 Å². The summed E-state index contributed by atoms with van der Waals surface area (Å²) in [4.78, 5) is 8.08. The monoisotopic (exact) mass is 345 g/mol. The SMILES string of the molecule is c1ccc(OCc2nn(-c3nc4ccccc4[nH]3)c3c2CNCC3)cc1. The molecule has 6 nitrogen and oxygen atoms in total. The molecule has 0 saturated heterocycles. The number of benzene rings is 2. The molecule has 0 bridgehead atoms. The molecule has 0 atom stereocenters. The van der Waals surface area contributed by atoms with Crippen LogP contribution in [0.4, 0.5) is 0 Å². The van der Waals surface area contributed by atoms with Gasteiger partial charge in [-0.05, 0) is 24.3 Å². The molecule has 0 spiro atoms. The lowest BCUT2D eigenvalue weighted by Gasteiger charge is -2.14. The van der Waals surface area contributed by atoms with Crippen molar-refractivity contribution in [2.75, 3.05) is 6.54 Å². The molecule has 0 unspecified atom stereocenters. The highest BCUT2D eigenvalue weighted by atomic mass is 16.5. The molecular weight excluding hydrogens is 326 g/mol. The van der Waals surface area contributed by atoms with Crippen molar-refractivity contribution in [3.8, 4) is 11.7 Å². The van der Waals surface area contributed by atoms with Gasteiger partial charge < -0.3 is 15.0 Å². The number of hydrogen-bond donors (Lipinski definition) is 2. The van der Waals surface area contributed by atoms with Crippen LogP contribution in [0.25, 0.3) is 17.0 Å². The molecule has 0 fully saturated rings. The summed E-state index contributed by atoms with van der Waals surface area (Å²) in [5, 5.41) is 8.26. The van der Waals surface area contributed by atoms with E-state index in [1.807, 2.05) is 59.3 Å². The third-order valence-corrected chi connectivity index (χ3v) is 4.71. The molecule has 1 aliphatic rings. The lowest BCUT2D eigenvalue weighted by Crippen LogP contribution is -2.25. The van der Waals surface area contributed by atoms with Crippen molar-refractivity contribution in [1.29, 1.82) is 0 Å². The fourth-order valence-electron chi connectivity index (χ4n) is 3.42. The fraction of sp³-hybridized carbons (Fsp3) is 0.200. The molecule has 4 aromatic rings. The maximum Gasteiger partial charge on any atom is 0.229 e. The number of nitrogens with zero attached hydrogens (tertiary/aromatic N) is 3. The molecule has 0 saturated carbocycles. The molecule has 5 rings (SSSR count). The first-order valence-corrected chi connectivity index (χ1v) is 8.82. The maximum absolute atomic E-state index is 5.93. The van der Waals surface area contributed by atoms with E-state index in [0.29, 0.717) is 6.61 Å². The molecule has 26 heavy (non-hydrogen) atoms. The number of para-hydroxylation sites is 3. The summed E-state index contributed by atoms with van der Waals surface area (Å²) >= 11 is 0. The van der Waals surface area contributed by atoms with Crippen molar-refractivity contribution in [3.05, 3.63) is 71.5 Å². The Morgan fingerprint density at radius 3 is 2.77 bits per heavy atom. The summed E-state index contributed by atoms with van der Waals surface area (Å²) in [6, 6.07) is 17.9. The lowest BCUT2D eigenvalue weighted by molar-refractivity contribution is 0.299. The van der Waals surface area contributed by atoms with Gasteiger partial charge in [0.15, 0.2) is 0 Å². The Morgan fingerprint density at radius 2 is 1.88 bits per heavy atom. The zero-order valence-corrected chi connectivity index (χ0v) is 14.3. The van der Waals surface area contributed by atoms with Crippen molar-refractivity contribution in [3.63, 3.8) is 0 Å². The minimum absolute atomic E-state index is 0.446. The van der Waals surface area contributed by atoms with E-state index in [2.05, 4.69) is 10.3 Å². The highest BCUT2D eigenvalue weighted by molar-refractivity contribution is 5.76. The Labute approximate surface area is 150 Å². The summed E-state index contributed by atoms with van der Waals surface area (Å²) in [7, 11) is 0. The molecule has 0 aliphatic carbocycles. The Kier molecular flexibility index (Phi) is 3.68. The first kappa shape index (κ1) is 15.2. The number of aromatic amines is 1. The van der Waals surface area contributed by atoms with Gasteiger partial charge in [-0.1, -0.05) is 30.3 Å². The van der Waals surface area contributed by atoms with Gasteiger partial charge in [0.05, 0.1) is 16.7 Å². The first-order valence-electron chi connectivity index (χ1n) is 8.82. The Morgan fingerprint density at radius 1 is 1.04 bits per heavy atom. The van der Waals surface area contributed by atoms with Crippen LogP contribution in [0.15, 0.2) is 54.6 Å². The third-order valence-electron chi connectivity index (χ3n) is 4.71. The van der Waals surface area contributed by atoms with E-state index in [9.17, 15) is 0 Å². The van der Waals surface area contributed by atoms with Crippen molar-refractivity contribution in [1.82, 2.24) is 25.1 Å². The zero-order chi connectivity index (χ0) is 17.3. The summed E-state index contributed by atoms with van der Waals surface area (Å²) in [6.07, 6.45) is 0.921. The van der Waals surface area contributed by atoms with E-state index in [4.69, 9.17) is 14.8 Å². The van der Waals surface area contributed by atoms with E-state index >= 15 is 0 Å². The van der Waals surface area contributed by atoms with Gasteiger partial charge >= 0.3 is 0 Å². The summed E-state index contributed by atoms with van der Waals surface area (Å²) < 4.78 is 7.88. The average molecular weight is 345 g/mol. The van der Waals surface area contributed by atoms with Crippen LogP contribution in [0, 0.1) is 0 Å². The minimum atomic E-state index is 0.446. The van der Waals surface area contributed by atoms with Gasteiger partial charge in [-0.15, -0.1) is 0 Å². The van der Waals surface area contributed by atoms with Gasteiger partial charge in [-0.25, -0.2) is 9.67 Å². The fourth-order valence-corrected chi connectivity index (χ4v) is 3.42. The number of nitrogens with one attached hydrogen (secondary N) is 2. The molecule has 0 radical (unpaired) electrons. The number of H-pyrrole nitrogens is 1.